The second-order valence-electron chi connectivity index (χ2n) is 4.13. The van der Waals surface area contributed by atoms with E-state index in [1.54, 1.807) is 17.5 Å². The van der Waals surface area contributed by atoms with Gasteiger partial charge in [0.25, 0.3) is 10.0 Å². The second-order valence-corrected chi connectivity index (χ2v) is 7.31. The number of phenols is 1. The van der Waals surface area contributed by atoms with Crippen LogP contribution >= 0.6 is 11.3 Å². The molecule has 1 aromatic carbocycles. The molecule has 1 aromatic heterocycles. The highest BCUT2D eigenvalue weighted by Crippen LogP contribution is 2.25. The molecule has 2 rings (SSSR count). The average molecular weight is 298 g/mol. The number of hydrogen-bond acceptors (Lipinski definition) is 5. The SMILES string of the molecule is CN(Cc1cccc(O)c1)S(=O)(=O)c1cc(N)cs1. The van der Waals surface area contributed by atoms with Crippen molar-refractivity contribution in [3.63, 3.8) is 0 Å². The molecule has 1 heterocycles. The van der Waals surface area contributed by atoms with E-state index in [2.05, 4.69) is 0 Å². The summed E-state index contributed by atoms with van der Waals surface area (Å²) in [6, 6.07) is 7.95. The number of nitrogens with two attached hydrogens (primary N) is 1. The molecule has 2 aromatic rings. The van der Waals surface area contributed by atoms with Gasteiger partial charge in [0.2, 0.25) is 0 Å². The number of aromatic hydroxyl groups is 1. The first-order chi connectivity index (χ1) is 8.89. The molecular formula is C12H14N2O3S2. The monoisotopic (exact) mass is 298 g/mol. The van der Waals surface area contributed by atoms with Crippen LogP contribution in [0.3, 0.4) is 0 Å². The van der Waals surface area contributed by atoms with Crippen molar-refractivity contribution < 1.29 is 13.5 Å². The molecule has 7 heteroatoms. The minimum Gasteiger partial charge on any atom is -0.508 e. The lowest BCUT2D eigenvalue weighted by molar-refractivity contribution is 0.459. The molecule has 0 amide bonds. The summed E-state index contributed by atoms with van der Waals surface area (Å²) in [6.07, 6.45) is 0. The van der Waals surface area contributed by atoms with Crippen LogP contribution in [0.1, 0.15) is 5.56 Å². The number of anilines is 1. The van der Waals surface area contributed by atoms with Gasteiger partial charge in [0.15, 0.2) is 0 Å². The average Bonchev–Trinajstić information content (AvgIpc) is 2.76. The Bertz CT molecular complexity index is 680. The maximum Gasteiger partial charge on any atom is 0.252 e. The summed E-state index contributed by atoms with van der Waals surface area (Å²) in [7, 11) is -2.04. The van der Waals surface area contributed by atoms with Crippen molar-refractivity contribution in [3.8, 4) is 5.75 Å². The van der Waals surface area contributed by atoms with Gasteiger partial charge >= 0.3 is 0 Å². The molecule has 0 bridgehead atoms. The lowest BCUT2D eigenvalue weighted by atomic mass is 10.2. The summed E-state index contributed by atoms with van der Waals surface area (Å²) in [5, 5.41) is 11.0. The second kappa shape index (κ2) is 5.20. The Balaban J connectivity index is 2.22. The predicted molar refractivity (Wildman–Crippen MR) is 75.5 cm³/mol. The first-order valence-corrected chi connectivity index (χ1v) is 7.80. The summed E-state index contributed by atoms with van der Waals surface area (Å²) in [5.74, 6) is 0.115. The lowest BCUT2D eigenvalue weighted by Gasteiger charge is -2.16. The van der Waals surface area contributed by atoms with Crippen molar-refractivity contribution >= 4 is 27.0 Å². The van der Waals surface area contributed by atoms with Gasteiger partial charge in [0, 0.05) is 24.7 Å². The van der Waals surface area contributed by atoms with Crippen LogP contribution in [0.15, 0.2) is 39.9 Å². The highest BCUT2D eigenvalue weighted by Gasteiger charge is 2.22. The third-order valence-corrected chi connectivity index (χ3v) is 5.81. The highest BCUT2D eigenvalue weighted by molar-refractivity contribution is 7.91. The normalized spacial score (nSPS) is 11.9. The predicted octanol–water partition coefficient (Wildman–Crippen LogP) is 1.86. The molecule has 0 aliphatic rings. The zero-order valence-electron chi connectivity index (χ0n) is 10.3. The number of rotatable bonds is 4. The molecule has 0 radical (unpaired) electrons. The molecular weight excluding hydrogens is 284 g/mol. The van der Waals surface area contributed by atoms with Gasteiger partial charge in [-0.2, -0.15) is 4.31 Å². The topological polar surface area (TPSA) is 83.6 Å². The minimum absolute atomic E-state index is 0.115. The summed E-state index contributed by atoms with van der Waals surface area (Å²) in [5.41, 5.74) is 6.70. The van der Waals surface area contributed by atoms with Crippen molar-refractivity contribution in [2.75, 3.05) is 12.8 Å². The van der Waals surface area contributed by atoms with Gasteiger partial charge in [-0.1, -0.05) is 12.1 Å². The fourth-order valence-corrected chi connectivity index (χ4v) is 4.06. The van der Waals surface area contributed by atoms with Crippen LogP contribution in [-0.2, 0) is 16.6 Å². The Morgan fingerprint density at radius 3 is 2.68 bits per heavy atom. The molecule has 5 nitrogen and oxygen atoms in total. The lowest BCUT2D eigenvalue weighted by Crippen LogP contribution is -2.25. The van der Waals surface area contributed by atoms with Crippen LogP contribution in [0.2, 0.25) is 0 Å². The van der Waals surface area contributed by atoms with Crippen molar-refractivity contribution in [3.05, 3.63) is 41.3 Å². The van der Waals surface area contributed by atoms with E-state index in [1.807, 2.05) is 0 Å². The van der Waals surface area contributed by atoms with Crippen LogP contribution in [0.4, 0.5) is 5.69 Å². The first-order valence-electron chi connectivity index (χ1n) is 5.48. The fourth-order valence-electron chi connectivity index (χ4n) is 1.62. The minimum atomic E-state index is -3.54. The Morgan fingerprint density at radius 1 is 1.37 bits per heavy atom. The molecule has 0 saturated heterocycles. The zero-order chi connectivity index (χ0) is 14.0. The number of nitrogens with zero attached hydrogens (tertiary/aromatic N) is 1. The summed E-state index contributed by atoms with van der Waals surface area (Å²) in [4.78, 5) is 0. The van der Waals surface area contributed by atoms with Crippen molar-refractivity contribution in [1.29, 1.82) is 0 Å². The van der Waals surface area contributed by atoms with Gasteiger partial charge in [-0.05, 0) is 23.8 Å². The smallest absolute Gasteiger partial charge is 0.252 e. The maximum atomic E-state index is 12.3. The van der Waals surface area contributed by atoms with E-state index in [-0.39, 0.29) is 16.5 Å². The van der Waals surface area contributed by atoms with Gasteiger partial charge in [0.1, 0.15) is 9.96 Å². The van der Waals surface area contributed by atoms with Crippen LogP contribution in [0, 0.1) is 0 Å². The summed E-state index contributed by atoms with van der Waals surface area (Å²) >= 11 is 1.09. The third-order valence-electron chi connectivity index (χ3n) is 2.58. The highest BCUT2D eigenvalue weighted by atomic mass is 32.2. The van der Waals surface area contributed by atoms with E-state index < -0.39 is 10.0 Å². The van der Waals surface area contributed by atoms with Crippen LogP contribution in [-0.4, -0.2) is 24.9 Å². The van der Waals surface area contributed by atoms with Gasteiger partial charge in [-0.3, -0.25) is 0 Å². The molecule has 19 heavy (non-hydrogen) atoms. The summed E-state index contributed by atoms with van der Waals surface area (Å²) in [6.45, 7) is 0.189. The molecule has 0 aliphatic heterocycles. The molecule has 102 valence electrons. The number of thiophene rings is 1. The van der Waals surface area contributed by atoms with Crippen LogP contribution in [0.25, 0.3) is 0 Å². The molecule has 3 N–H and O–H groups in total. The van der Waals surface area contributed by atoms with E-state index in [0.717, 1.165) is 16.9 Å². The third kappa shape index (κ3) is 3.06. The standard InChI is InChI=1S/C12H14N2O3S2/c1-14(7-9-3-2-4-11(15)5-9)19(16,17)12-6-10(13)8-18-12/h2-6,8,15H,7,13H2,1H3. The summed E-state index contributed by atoms with van der Waals surface area (Å²) < 4.78 is 26.0. The molecule has 0 saturated carbocycles. The number of phenolic OH excluding ortho intramolecular Hbond substituents is 1. The van der Waals surface area contributed by atoms with E-state index in [0.29, 0.717) is 5.69 Å². The van der Waals surface area contributed by atoms with Crippen molar-refractivity contribution in [1.82, 2.24) is 4.31 Å². The Kier molecular flexibility index (Phi) is 3.79. The zero-order valence-corrected chi connectivity index (χ0v) is 11.9. The van der Waals surface area contributed by atoms with E-state index in [1.165, 1.54) is 29.6 Å². The Hall–Kier alpha value is -1.57. The molecule has 0 fully saturated rings. The van der Waals surface area contributed by atoms with E-state index in [9.17, 15) is 13.5 Å². The van der Waals surface area contributed by atoms with Gasteiger partial charge in [-0.25, -0.2) is 8.42 Å². The quantitative estimate of drug-likeness (QED) is 0.902. The maximum absolute atomic E-state index is 12.3. The van der Waals surface area contributed by atoms with Gasteiger partial charge in [0.05, 0.1) is 0 Å². The molecule has 0 aliphatic carbocycles. The fraction of sp³-hybridized carbons (Fsp3) is 0.167. The number of nitrogen functional groups attached to an aromatic ring is 1. The van der Waals surface area contributed by atoms with Gasteiger partial charge < -0.3 is 10.8 Å². The van der Waals surface area contributed by atoms with E-state index >= 15 is 0 Å². The number of sulfonamides is 1. The van der Waals surface area contributed by atoms with Crippen LogP contribution < -0.4 is 5.73 Å². The molecule has 0 spiro atoms. The van der Waals surface area contributed by atoms with E-state index in [4.69, 9.17) is 5.73 Å². The molecule has 0 unspecified atom stereocenters. The van der Waals surface area contributed by atoms with Crippen molar-refractivity contribution in [2.45, 2.75) is 10.8 Å². The number of hydrogen-bond donors (Lipinski definition) is 2. The van der Waals surface area contributed by atoms with Crippen LogP contribution in [0.5, 0.6) is 5.75 Å². The Labute approximate surface area is 116 Å². The van der Waals surface area contributed by atoms with Gasteiger partial charge in [-0.15, -0.1) is 11.3 Å². The molecule has 0 atom stereocenters. The largest absolute Gasteiger partial charge is 0.508 e. The van der Waals surface area contributed by atoms with Crippen molar-refractivity contribution in [2.24, 2.45) is 0 Å². The first kappa shape index (κ1) is 13.9. The Morgan fingerprint density at radius 2 is 2.11 bits per heavy atom. The number of benzene rings is 1.